The van der Waals surface area contributed by atoms with E-state index in [1.165, 1.54) is 23.4 Å². The molecule has 0 atom stereocenters. The molecule has 0 N–H and O–H groups in total. The van der Waals surface area contributed by atoms with Crippen molar-refractivity contribution in [2.45, 2.75) is 11.4 Å². The molecular formula is C9H9Cl2N3O2S. The van der Waals surface area contributed by atoms with Crippen LogP contribution in [0.4, 0.5) is 0 Å². The summed E-state index contributed by atoms with van der Waals surface area (Å²) in [6, 6.07) is 6.53. The Morgan fingerprint density at radius 3 is 2.59 bits per heavy atom. The van der Waals surface area contributed by atoms with Crippen LogP contribution in [0.3, 0.4) is 0 Å². The number of hydrogen-bond acceptors (Lipinski definition) is 4. The lowest BCUT2D eigenvalue weighted by molar-refractivity contribution is 0.605. The molecule has 0 aliphatic carbocycles. The van der Waals surface area contributed by atoms with E-state index in [4.69, 9.17) is 10.7 Å². The number of halogens is 2. The van der Waals surface area contributed by atoms with Crippen molar-refractivity contribution in [3.63, 3.8) is 0 Å². The van der Waals surface area contributed by atoms with E-state index in [0.717, 1.165) is 0 Å². The zero-order chi connectivity index (χ0) is 11.6. The van der Waals surface area contributed by atoms with E-state index in [-0.39, 0.29) is 17.3 Å². The van der Waals surface area contributed by atoms with E-state index in [1.807, 2.05) is 0 Å². The monoisotopic (exact) mass is 293 g/mol. The zero-order valence-electron chi connectivity index (χ0n) is 8.52. The molecule has 0 saturated carbocycles. The minimum Gasteiger partial charge on any atom is -0.249 e. The quantitative estimate of drug-likeness (QED) is 0.808. The second-order valence-electron chi connectivity index (χ2n) is 3.14. The van der Waals surface area contributed by atoms with Crippen molar-refractivity contribution >= 4 is 32.1 Å². The number of aromatic nitrogens is 3. The fourth-order valence-corrected chi connectivity index (χ4v) is 2.50. The summed E-state index contributed by atoms with van der Waals surface area (Å²) >= 11 is 0. The van der Waals surface area contributed by atoms with Crippen molar-refractivity contribution in [3.05, 3.63) is 42.5 Å². The van der Waals surface area contributed by atoms with Gasteiger partial charge in [-0.3, -0.25) is 0 Å². The molecule has 92 valence electrons. The van der Waals surface area contributed by atoms with Crippen LogP contribution in [-0.4, -0.2) is 23.2 Å². The van der Waals surface area contributed by atoms with Gasteiger partial charge in [-0.05, 0) is 11.6 Å². The maximum absolute atomic E-state index is 11.3. The highest BCUT2D eigenvalue weighted by Crippen LogP contribution is 2.20. The molecule has 0 radical (unpaired) electrons. The summed E-state index contributed by atoms with van der Waals surface area (Å²) in [5.41, 5.74) is 0.586. The first-order valence-corrected chi connectivity index (χ1v) is 6.73. The fourth-order valence-electron chi connectivity index (χ4n) is 1.36. The van der Waals surface area contributed by atoms with Gasteiger partial charge in [0.05, 0.1) is 11.4 Å². The van der Waals surface area contributed by atoms with Gasteiger partial charge in [-0.2, -0.15) is 5.10 Å². The van der Waals surface area contributed by atoms with Gasteiger partial charge in [-0.25, -0.2) is 18.1 Å². The lowest BCUT2D eigenvalue weighted by atomic mass is 10.2. The predicted molar refractivity (Wildman–Crippen MR) is 65.9 cm³/mol. The van der Waals surface area contributed by atoms with Crippen LogP contribution in [0.15, 0.2) is 41.8 Å². The first-order valence-electron chi connectivity index (χ1n) is 4.42. The lowest BCUT2D eigenvalue weighted by Gasteiger charge is -2.05. The molecule has 2 rings (SSSR count). The summed E-state index contributed by atoms with van der Waals surface area (Å²) < 4.78 is 24.1. The average molecular weight is 294 g/mol. The summed E-state index contributed by atoms with van der Waals surface area (Å²) in [5, 5.41) is 3.90. The predicted octanol–water partition coefficient (Wildman–Crippen LogP) is 1.68. The highest BCUT2D eigenvalue weighted by atomic mass is 35.7. The van der Waals surface area contributed by atoms with E-state index in [0.29, 0.717) is 12.1 Å². The Morgan fingerprint density at radius 2 is 2.00 bits per heavy atom. The maximum Gasteiger partial charge on any atom is 0.261 e. The number of benzene rings is 1. The summed E-state index contributed by atoms with van der Waals surface area (Å²) in [7, 11) is 1.60. The third-order valence-corrected chi connectivity index (χ3v) is 3.46. The van der Waals surface area contributed by atoms with Crippen LogP contribution in [0.2, 0.25) is 0 Å². The van der Waals surface area contributed by atoms with Gasteiger partial charge in [-0.15, -0.1) is 12.4 Å². The van der Waals surface area contributed by atoms with E-state index in [2.05, 4.69) is 10.1 Å². The highest BCUT2D eigenvalue weighted by Gasteiger charge is 2.14. The van der Waals surface area contributed by atoms with Gasteiger partial charge in [0.25, 0.3) is 9.05 Å². The smallest absolute Gasteiger partial charge is 0.249 e. The minimum atomic E-state index is -3.73. The number of nitrogens with zero attached hydrogens (tertiary/aromatic N) is 3. The topological polar surface area (TPSA) is 64.8 Å². The lowest BCUT2D eigenvalue weighted by Crippen LogP contribution is -2.04. The summed E-state index contributed by atoms with van der Waals surface area (Å²) in [5.74, 6) is 0. The highest BCUT2D eigenvalue weighted by molar-refractivity contribution is 8.13. The SMILES string of the molecule is Cl.O=S(=O)(Cl)c1ccccc1Cn1cncn1. The largest absolute Gasteiger partial charge is 0.261 e. The Morgan fingerprint density at radius 1 is 1.29 bits per heavy atom. The molecule has 0 saturated heterocycles. The van der Waals surface area contributed by atoms with Crippen LogP contribution in [0.5, 0.6) is 0 Å². The molecule has 17 heavy (non-hydrogen) atoms. The van der Waals surface area contributed by atoms with Crippen molar-refractivity contribution in [2.24, 2.45) is 0 Å². The van der Waals surface area contributed by atoms with Crippen molar-refractivity contribution in [2.75, 3.05) is 0 Å². The molecule has 1 aromatic heterocycles. The van der Waals surface area contributed by atoms with E-state index in [1.54, 1.807) is 18.2 Å². The molecule has 0 fully saturated rings. The summed E-state index contributed by atoms with van der Waals surface area (Å²) in [4.78, 5) is 3.88. The first kappa shape index (κ1) is 14.0. The van der Waals surface area contributed by atoms with Crippen molar-refractivity contribution in [3.8, 4) is 0 Å². The maximum atomic E-state index is 11.3. The molecule has 0 spiro atoms. The van der Waals surface area contributed by atoms with Gasteiger partial charge in [0.2, 0.25) is 0 Å². The van der Waals surface area contributed by atoms with Crippen molar-refractivity contribution in [1.82, 2.24) is 14.8 Å². The Bertz CT molecular complexity index is 584. The fraction of sp³-hybridized carbons (Fsp3) is 0.111. The molecular weight excluding hydrogens is 285 g/mol. The van der Waals surface area contributed by atoms with Crippen LogP contribution >= 0.6 is 23.1 Å². The van der Waals surface area contributed by atoms with E-state index < -0.39 is 9.05 Å². The molecule has 0 aliphatic rings. The molecule has 1 aromatic carbocycles. The Balaban J connectivity index is 0.00000144. The first-order chi connectivity index (χ1) is 7.57. The summed E-state index contributed by atoms with van der Waals surface area (Å²) in [6.45, 7) is 0.322. The normalized spacial score (nSPS) is 10.9. The molecule has 8 heteroatoms. The van der Waals surface area contributed by atoms with Crippen molar-refractivity contribution in [1.29, 1.82) is 0 Å². The van der Waals surface area contributed by atoms with Crippen LogP contribution in [0, 0.1) is 0 Å². The Labute approximate surface area is 109 Å². The Hall–Kier alpha value is -1.11. The van der Waals surface area contributed by atoms with Gasteiger partial charge in [0.15, 0.2) is 0 Å². The molecule has 1 heterocycles. The Kier molecular flexibility index (Phi) is 4.50. The molecule has 0 unspecified atom stereocenters. The molecule has 5 nitrogen and oxygen atoms in total. The van der Waals surface area contributed by atoms with Gasteiger partial charge >= 0.3 is 0 Å². The van der Waals surface area contributed by atoms with Crippen LogP contribution in [0.25, 0.3) is 0 Å². The van der Waals surface area contributed by atoms with Crippen LogP contribution < -0.4 is 0 Å². The minimum absolute atomic E-state index is 0. The molecule has 2 aromatic rings. The second kappa shape index (κ2) is 5.48. The molecule has 0 amide bonds. The number of hydrogen-bond donors (Lipinski definition) is 0. The van der Waals surface area contributed by atoms with Crippen molar-refractivity contribution < 1.29 is 8.42 Å². The zero-order valence-corrected chi connectivity index (χ0v) is 10.9. The standard InChI is InChI=1S/C9H8ClN3O2S.ClH/c10-16(14,15)9-4-2-1-3-8(9)5-13-7-11-6-12-13;/h1-4,6-7H,5H2;1H. The molecule has 0 bridgehead atoms. The second-order valence-corrected chi connectivity index (χ2v) is 5.67. The van der Waals surface area contributed by atoms with Crippen LogP contribution in [-0.2, 0) is 15.6 Å². The van der Waals surface area contributed by atoms with Gasteiger partial charge in [0, 0.05) is 10.7 Å². The van der Waals surface area contributed by atoms with Gasteiger partial charge in [-0.1, -0.05) is 18.2 Å². The third-order valence-electron chi connectivity index (χ3n) is 2.03. The molecule has 0 aliphatic heterocycles. The number of rotatable bonds is 3. The van der Waals surface area contributed by atoms with E-state index in [9.17, 15) is 8.42 Å². The van der Waals surface area contributed by atoms with Gasteiger partial charge < -0.3 is 0 Å². The summed E-state index contributed by atoms with van der Waals surface area (Å²) in [6.07, 6.45) is 2.90. The van der Waals surface area contributed by atoms with Crippen LogP contribution in [0.1, 0.15) is 5.56 Å². The van der Waals surface area contributed by atoms with E-state index >= 15 is 0 Å². The average Bonchev–Trinajstić information content (AvgIpc) is 2.70. The van der Waals surface area contributed by atoms with Gasteiger partial charge in [0.1, 0.15) is 12.7 Å². The third kappa shape index (κ3) is 3.42.